The van der Waals surface area contributed by atoms with Gasteiger partial charge < -0.3 is 29.1 Å². The molecule has 0 bridgehead atoms. The number of hydrogen-bond acceptors (Lipinski definition) is 5. The number of carboxylic acid groups (broad SMARTS) is 2. The zero-order valence-electron chi connectivity index (χ0n) is 11.9. The molecule has 0 fully saturated rings. The third-order valence-corrected chi connectivity index (χ3v) is 3.94. The largest absolute Gasteiger partial charge is 0.545 e. The highest BCUT2D eigenvalue weighted by atomic mass is 16.5. The van der Waals surface area contributed by atoms with E-state index in [1.165, 1.54) is 7.11 Å². The van der Waals surface area contributed by atoms with Crippen LogP contribution in [0.4, 0.5) is 0 Å². The summed E-state index contributed by atoms with van der Waals surface area (Å²) in [5.74, 6) is -2.36. The first-order chi connectivity index (χ1) is 10.5. The number of nitrogens with zero attached hydrogens (tertiary/aromatic N) is 1. The highest BCUT2D eigenvalue weighted by Gasteiger charge is 2.27. The summed E-state index contributed by atoms with van der Waals surface area (Å²) in [5, 5.41) is 22.9. The summed E-state index contributed by atoms with van der Waals surface area (Å²) in [7, 11) is 1.53. The van der Waals surface area contributed by atoms with Gasteiger partial charge in [-0.1, -0.05) is 0 Å². The average Bonchev–Trinajstić information content (AvgIpc) is 3.06. The van der Waals surface area contributed by atoms with Crippen molar-refractivity contribution in [2.45, 2.75) is 19.4 Å². The predicted octanol–water partition coefficient (Wildman–Crippen LogP) is -0.163. The molecule has 2 heterocycles. The molecule has 0 saturated carbocycles. The van der Waals surface area contributed by atoms with E-state index in [2.05, 4.69) is 0 Å². The molecule has 1 aromatic carbocycles. The molecular formula is C16H13NO5-2. The van der Waals surface area contributed by atoms with Gasteiger partial charge in [-0.15, -0.1) is 0 Å². The van der Waals surface area contributed by atoms with Crippen LogP contribution in [0.15, 0.2) is 24.3 Å². The van der Waals surface area contributed by atoms with Crippen LogP contribution >= 0.6 is 0 Å². The molecule has 0 spiro atoms. The van der Waals surface area contributed by atoms with E-state index >= 15 is 0 Å². The molecule has 6 nitrogen and oxygen atoms in total. The van der Waals surface area contributed by atoms with Crippen LogP contribution in [-0.4, -0.2) is 23.6 Å². The summed E-state index contributed by atoms with van der Waals surface area (Å²) in [4.78, 5) is 22.9. The van der Waals surface area contributed by atoms with E-state index in [4.69, 9.17) is 4.74 Å². The Morgan fingerprint density at radius 2 is 1.73 bits per heavy atom. The Morgan fingerprint density at radius 1 is 1.09 bits per heavy atom. The van der Waals surface area contributed by atoms with Crippen LogP contribution in [-0.2, 0) is 13.0 Å². The van der Waals surface area contributed by atoms with Gasteiger partial charge in [0.1, 0.15) is 5.75 Å². The van der Waals surface area contributed by atoms with Gasteiger partial charge in [0, 0.05) is 23.4 Å². The molecule has 1 aliphatic heterocycles. The van der Waals surface area contributed by atoms with Crippen molar-refractivity contribution in [3.63, 3.8) is 0 Å². The number of carbonyl (C=O) groups is 2. The van der Waals surface area contributed by atoms with Crippen molar-refractivity contribution in [1.82, 2.24) is 4.57 Å². The lowest BCUT2D eigenvalue weighted by molar-refractivity contribution is -0.259. The number of rotatable bonds is 4. The summed E-state index contributed by atoms with van der Waals surface area (Å²) in [6.07, 6.45) is 1.28. The van der Waals surface area contributed by atoms with Gasteiger partial charge >= 0.3 is 0 Å². The van der Waals surface area contributed by atoms with Crippen LogP contribution in [0.3, 0.4) is 0 Å². The second-order valence-corrected chi connectivity index (χ2v) is 5.10. The number of aromatic carboxylic acids is 2. The summed E-state index contributed by atoms with van der Waals surface area (Å²) in [6, 6.07) is 6.79. The fourth-order valence-electron chi connectivity index (χ4n) is 3.05. The number of aromatic nitrogens is 1. The summed E-state index contributed by atoms with van der Waals surface area (Å²) >= 11 is 0. The minimum Gasteiger partial charge on any atom is -0.545 e. The quantitative estimate of drug-likeness (QED) is 0.781. The minimum absolute atomic E-state index is 0.261. The molecule has 3 rings (SSSR count). The topological polar surface area (TPSA) is 94.4 Å². The first-order valence-electron chi connectivity index (χ1n) is 6.87. The van der Waals surface area contributed by atoms with Crippen molar-refractivity contribution in [3.05, 3.63) is 41.1 Å². The Kier molecular flexibility index (Phi) is 3.36. The van der Waals surface area contributed by atoms with Gasteiger partial charge in [0.05, 0.1) is 24.7 Å². The van der Waals surface area contributed by atoms with Crippen molar-refractivity contribution in [2.24, 2.45) is 0 Å². The van der Waals surface area contributed by atoms with E-state index in [0.717, 1.165) is 6.42 Å². The molecule has 0 unspecified atom stereocenters. The molecule has 2 aromatic rings. The second-order valence-electron chi connectivity index (χ2n) is 5.10. The van der Waals surface area contributed by atoms with E-state index in [1.807, 2.05) is 0 Å². The maximum absolute atomic E-state index is 11.5. The van der Waals surface area contributed by atoms with E-state index in [-0.39, 0.29) is 11.1 Å². The SMILES string of the molecule is COc1ccc(-c2c(C(=O)[O-])c(C(=O)[O-])c3n2CCC3)cc1. The molecule has 0 saturated heterocycles. The second kappa shape index (κ2) is 5.22. The van der Waals surface area contributed by atoms with Crippen molar-refractivity contribution in [2.75, 3.05) is 7.11 Å². The molecule has 0 aliphatic carbocycles. The Morgan fingerprint density at radius 3 is 2.27 bits per heavy atom. The molecule has 6 heteroatoms. The van der Waals surface area contributed by atoms with Crippen LogP contribution in [0.1, 0.15) is 32.8 Å². The number of carboxylic acids is 2. The Bertz CT molecular complexity index is 758. The summed E-state index contributed by atoms with van der Waals surface area (Å²) in [6.45, 7) is 0.574. The Hall–Kier alpha value is -2.76. The average molecular weight is 299 g/mol. The van der Waals surface area contributed by atoms with Crippen molar-refractivity contribution in [3.8, 4) is 17.0 Å². The monoisotopic (exact) mass is 299 g/mol. The Balaban J connectivity index is 2.28. The molecule has 22 heavy (non-hydrogen) atoms. The van der Waals surface area contributed by atoms with Gasteiger partial charge in [0.15, 0.2) is 0 Å². The summed E-state index contributed by atoms with van der Waals surface area (Å²) < 4.78 is 6.81. The zero-order valence-corrected chi connectivity index (χ0v) is 11.9. The van der Waals surface area contributed by atoms with E-state index in [0.29, 0.717) is 35.7 Å². The van der Waals surface area contributed by atoms with Gasteiger partial charge in [-0.3, -0.25) is 0 Å². The number of methoxy groups -OCH3 is 1. The fourth-order valence-corrected chi connectivity index (χ4v) is 3.05. The van der Waals surface area contributed by atoms with Crippen LogP contribution in [0, 0.1) is 0 Å². The predicted molar refractivity (Wildman–Crippen MR) is 73.4 cm³/mol. The lowest BCUT2D eigenvalue weighted by atomic mass is 10.0. The highest BCUT2D eigenvalue weighted by Crippen LogP contribution is 2.36. The van der Waals surface area contributed by atoms with Crippen LogP contribution < -0.4 is 14.9 Å². The third kappa shape index (κ3) is 2.04. The molecule has 0 radical (unpaired) electrons. The number of fused-ring (bicyclic) bond motifs is 1. The molecular weight excluding hydrogens is 286 g/mol. The Labute approximate surface area is 126 Å². The third-order valence-electron chi connectivity index (χ3n) is 3.94. The van der Waals surface area contributed by atoms with Gasteiger partial charge in [-0.25, -0.2) is 0 Å². The zero-order chi connectivity index (χ0) is 15.9. The number of hydrogen-bond donors (Lipinski definition) is 0. The smallest absolute Gasteiger partial charge is 0.118 e. The minimum atomic E-state index is -1.51. The van der Waals surface area contributed by atoms with Crippen molar-refractivity contribution in [1.29, 1.82) is 0 Å². The molecule has 0 N–H and O–H groups in total. The molecule has 114 valence electrons. The molecule has 0 atom stereocenters. The maximum Gasteiger partial charge on any atom is 0.118 e. The van der Waals surface area contributed by atoms with E-state index in [1.54, 1.807) is 28.8 Å². The first kappa shape index (κ1) is 14.2. The molecule has 1 aromatic heterocycles. The number of carbonyl (C=O) groups excluding carboxylic acids is 2. The number of benzene rings is 1. The van der Waals surface area contributed by atoms with E-state index < -0.39 is 11.9 Å². The first-order valence-corrected chi connectivity index (χ1v) is 6.87. The van der Waals surface area contributed by atoms with E-state index in [9.17, 15) is 19.8 Å². The van der Waals surface area contributed by atoms with Crippen LogP contribution in [0.2, 0.25) is 0 Å². The maximum atomic E-state index is 11.5. The van der Waals surface area contributed by atoms with Crippen molar-refractivity contribution >= 4 is 11.9 Å². The van der Waals surface area contributed by atoms with Crippen LogP contribution in [0.5, 0.6) is 5.75 Å². The highest BCUT2D eigenvalue weighted by molar-refractivity contribution is 6.06. The van der Waals surface area contributed by atoms with Gasteiger partial charge in [0.25, 0.3) is 0 Å². The lowest BCUT2D eigenvalue weighted by Gasteiger charge is -2.12. The number of ether oxygens (including phenoxy) is 1. The standard InChI is InChI=1S/C16H15NO5/c1-22-10-6-4-9(5-7-10)14-13(16(20)21)12(15(18)19)11-3-2-8-17(11)14/h4-7H,2-3,8H2,1H3,(H,18,19)(H,20,21)/p-2. The normalized spacial score (nSPS) is 13.0. The summed E-state index contributed by atoms with van der Waals surface area (Å²) in [5.41, 5.74) is 0.887. The van der Waals surface area contributed by atoms with Gasteiger partial charge in [-0.05, 0) is 42.7 Å². The van der Waals surface area contributed by atoms with Gasteiger partial charge in [0.2, 0.25) is 0 Å². The lowest BCUT2D eigenvalue weighted by Crippen LogP contribution is -2.30. The van der Waals surface area contributed by atoms with Crippen molar-refractivity contribution < 1.29 is 24.5 Å². The fraction of sp³-hybridized carbons (Fsp3) is 0.250. The van der Waals surface area contributed by atoms with Crippen LogP contribution in [0.25, 0.3) is 11.3 Å². The van der Waals surface area contributed by atoms with Gasteiger partial charge in [-0.2, -0.15) is 0 Å². The molecule has 0 amide bonds. The molecule has 1 aliphatic rings.